The molecule has 0 atom stereocenters. The van der Waals surface area contributed by atoms with E-state index in [0.717, 1.165) is 21.9 Å². The minimum absolute atomic E-state index is 0.0457. The first-order valence-electron chi connectivity index (χ1n) is 10.6. The van der Waals surface area contributed by atoms with E-state index >= 15 is 0 Å². The Morgan fingerprint density at radius 3 is 2.06 bits per heavy atom. The fraction of sp³-hybridized carbons (Fsp3) is 0.0769. The van der Waals surface area contributed by atoms with Gasteiger partial charge in [-0.15, -0.1) is 0 Å². The predicted octanol–water partition coefficient (Wildman–Crippen LogP) is 5.81. The third kappa shape index (κ3) is 6.39. The molecule has 1 N–H and O–H groups in total. The van der Waals surface area contributed by atoms with Gasteiger partial charge in [-0.2, -0.15) is 0 Å². The summed E-state index contributed by atoms with van der Waals surface area (Å²) in [6, 6.07) is 23.5. The molecule has 0 unspecified atom stereocenters. The number of hydrogen-bond acceptors (Lipinski definition) is 4. The fourth-order valence-corrected chi connectivity index (χ4v) is 5.43. The third-order valence-corrected chi connectivity index (χ3v) is 7.37. The van der Waals surface area contributed by atoms with E-state index in [-0.39, 0.29) is 20.6 Å². The zero-order valence-corrected chi connectivity index (χ0v) is 20.8. The summed E-state index contributed by atoms with van der Waals surface area (Å²) in [5.74, 6) is -0.512. The summed E-state index contributed by atoms with van der Waals surface area (Å²) in [6.07, 6.45) is 4.22. The van der Waals surface area contributed by atoms with Gasteiger partial charge < -0.3 is 5.32 Å². The Labute approximate surface area is 214 Å². The molecule has 0 aliphatic carbocycles. The van der Waals surface area contributed by atoms with E-state index in [9.17, 15) is 13.2 Å². The molecule has 9 heteroatoms. The van der Waals surface area contributed by atoms with Crippen LogP contribution in [0.25, 0.3) is 0 Å². The summed E-state index contributed by atoms with van der Waals surface area (Å²) >= 11 is 12.2. The molecule has 0 fully saturated rings. The number of halogens is 2. The van der Waals surface area contributed by atoms with Crippen LogP contribution in [0.4, 0.5) is 11.4 Å². The van der Waals surface area contributed by atoms with Crippen LogP contribution in [-0.4, -0.2) is 25.9 Å². The number of hydrogen-bond donors (Lipinski definition) is 1. The van der Waals surface area contributed by atoms with Crippen molar-refractivity contribution in [3.63, 3.8) is 0 Å². The molecular weight excluding hydrogens is 505 g/mol. The molecule has 0 aliphatic rings. The van der Waals surface area contributed by atoms with Gasteiger partial charge >= 0.3 is 0 Å². The Morgan fingerprint density at radius 1 is 0.829 bits per heavy atom. The molecule has 35 heavy (non-hydrogen) atoms. The number of benzene rings is 3. The number of rotatable bonds is 8. The molecule has 4 aromatic rings. The largest absolute Gasteiger partial charge is 0.325 e. The SMILES string of the molecule is O=C(CN(c1cc(Cl)cc(Cl)c1)S(=O)(=O)c1ccccc1)Nc1ccc(Cc2ccncc2)cc1. The molecule has 178 valence electrons. The van der Waals surface area contributed by atoms with Crippen molar-refractivity contribution < 1.29 is 13.2 Å². The van der Waals surface area contributed by atoms with Crippen molar-refractivity contribution >= 4 is 50.5 Å². The van der Waals surface area contributed by atoms with E-state index in [1.165, 1.54) is 30.3 Å². The second kappa shape index (κ2) is 10.9. The summed E-state index contributed by atoms with van der Waals surface area (Å²) < 4.78 is 27.8. The van der Waals surface area contributed by atoms with Crippen molar-refractivity contribution in [2.45, 2.75) is 11.3 Å². The maximum atomic E-state index is 13.4. The van der Waals surface area contributed by atoms with Gasteiger partial charge in [-0.25, -0.2) is 8.42 Å². The lowest BCUT2D eigenvalue weighted by molar-refractivity contribution is -0.114. The summed E-state index contributed by atoms with van der Waals surface area (Å²) in [5, 5.41) is 3.28. The van der Waals surface area contributed by atoms with Crippen LogP contribution in [0.3, 0.4) is 0 Å². The Balaban J connectivity index is 1.54. The second-order valence-corrected chi connectivity index (χ2v) is 10.5. The highest BCUT2D eigenvalue weighted by molar-refractivity contribution is 7.92. The van der Waals surface area contributed by atoms with Gasteiger partial charge in [-0.1, -0.05) is 53.5 Å². The number of carbonyl (C=O) groups excluding carboxylic acids is 1. The van der Waals surface area contributed by atoms with E-state index in [4.69, 9.17) is 23.2 Å². The smallest absolute Gasteiger partial charge is 0.264 e. The molecule has 0 aliphatic heterocycles. The Kier molecular flexibility index (Phi) is 7.70. The lowest BCUT2D eigenvalue weighted by Crippen LogP contribution is -2.38. The number of anilines is 2. The first-order valence-corrected chi connectivity index (χ1v) is 12.8. The van der Waals surface area contributed by atoms with Gasteiger partial charge in [0.15, 0.2) is 0 Å². The van der Waals surface area contributed by atoms with Gasteiger partial charge in [0.2, 0.25) is 5.91 Å². The van der Waals surface area contributed by atoms with Crippen LogP contribution in [0.15, 0.2) is 102 Å². The van der Waals surface area contributed by atoms with Crippen molar-refractivity contribution in [3.8, 4) is 0 Å². The lowest BCUT2D eigenvalue weighted by atomic mass is 10.1. The lowest BCUT2D eigenvalue weighted by Gasteiger charge is -2.24. The molecule has 0 spiro atoms. The van der Waals surface area contributed by atoms with Gasteiger partial charge in [0.05, 0.1) is 10.6 Å². The van der Waals surface area contributed by atoms with Crippen molar-refractivity contribution in [1.82, 2.24) is 4.98 Å². The van der Waals surface area contributed by atoms with Crippen molar-refractivity contribution in [3.05, 3.63) is 118 Å². The quantitative estimate of drug-likeness (QED) is 0.314. The number of pyridine rings is 1. The van der Waals surface area contributed by atoms with Gasteiger partial charge in [0.1, 0.15) is 6.54 Å². The Morgan fingerprint density at radius 2 is 1.43 bits per heavy atom. The summed E-state index contributed by atoms with van der Waals surface area (Å²) in [6.45, 7) is -0.466. The number of aromatic nitrogens is 1. The van der Waals surface area contributed by atoms with Crippen LogP contribution in [0.5, 0.6) is 0 Å². The molecule has 6 nitrogen and oxygen atoms in total. The van der Waals surface area contributed by atoms with Gasteiger partial charge in [0.25, 0.3) is 10.0 Å². The number of sulfonamides is 1. The Bertz CT molecular complexity index is 1400. The molecule has 0 bridgehead atoms. The highest BCUT2D eigenvalue weighted by Crippen LogP contribution is 2.29. The molecule has 0 saturated heterocycles. The van der Waals surface area contributed by atoms with E-state index in [2.05, 4.69) is 10.3 Å². The number of nitrogens with zero attached hydrogens (tertiary/aromatic N) is 2. The third-order valence-electron chi connectivity index (χ3n) is 5.15. The summed E-state index contributed by atoms with van der Waals surface area (Å²) in [7, 11) is -4.07. The number of amides is 1. The summed E-state index contributed by atoms with van der Waals surface area (Å²) in [4.78, 5) is 17.0. The van der Waals surface area contributed by atoms with E-state index in [0.29, 0.717) is 5.69 Å². The van der Waals surface area contributed by atoms with E-state index in [1.54, 1.807) is 42.7 Å². The fourth-order valence-electron chi connectivity index (χ4n) is 3.49. The van der Waals surface area contributed by atoms with Gasteiger partial charge in [0, 0.05) is 28.1 Å². The molecule has 1 aromatic heterocycles. The van der Waals surface area contributed by atoms with Crippen LogP contribution < -0.4 is 9.62 Å². The van der Waals surface area contributed by atoms with Crippen LogP contribution in [0.2, 0.25) is 10.0 Å². The second-order valence-electron chi connectivity index (χ2n) is 7.73. The first-order chi connectivity index (χ1) is 16.8. The highest BCUT2D eigenvalue weighted by Gasteiger charge is 2.27. The average Bonchev–Trinajstić information content (AvgIpc) is 2.84. The zero-order chi connectivity index (χ0) is 24.8. The van der Waals surface area contributed by atoms with Crippen LogP contribution in [-0.2, 0) is 21.2 Å². The van der Waals surface area contributed by atoms with Crippen molar-refractivity contribution in [2.24, 2.45) is 0 Å². The monoisotopic (exact) mass is 525 g/mol. The van der Waals surface area contributed by atoms with E-state index < -0.39 is 22.5 Å². The molecule has 0 saturated carbocycles. The minimum Gasteiger partial charge on any atom is -0.325 e. The molecule has 1 amide bonds. The van der Waals surface area contributed by atoms with Gasteiger partial charge in [-0.3, -0.25) is 14.1 Å². The maximum absolute atomic E-state index is 13.4. The first kappa shape index (κ1) is 24.7. The van der Waals surface area contributed by atoms with E-state index in [1.807, 2.05) is 24.3 Å². The molecular formula is C26H21Cl2N3O3S. The minimum atomic E-state index is -4.07. The van der Waals surface area contributed by atoms with Crippen molar-refractivity contribution in [1.29, 1.82) is 0 Å². The van der Waals surface area contributed by atoms with Crippen LogP contribution in [0, 0.1) is 0 Å². The topological polar surface area (TPSA) is 79.4 Å². The molecule has 4 rings (SSSR count). The normalized spacial score (nSPS) is 11.1. The van der Waals surface area contributed by atoms with Gasteiger partial charge in [-0.05, 0) is 72.1 Å². The molecule has 0 radical (unpaired) electrons. The number of carbonyl (C=O) groups is 1. The standard InChI is InChI=1S/C26H21Cl2N3O3S/c27-21-15-22(28)17-24(16-21)31(35(33,34)25-4-2-1-3-5-25)18-26(32)30-23-8-6-19(7-9-23)14-20-10-12-29-13-11-20/h1-13,15-17H,14,18H2,(H,30,32). The molecule has 3 aromatic carbocycles. The Hall–Kier alpha value is -3.39. The van der Waals surface area contributed by atoms with Crippen LogP contribution in [0.1, 0.15) is 11.1 Å². The molecule has 1 heterocycles. The number of nitrogens with one attached hydrogen (secondary N) is 1. The summed E-state index contributed by atoms with van der Waals surface area (Å²) in [5.41, 5.74) is 2.93. The van der Waals surface area contributed by atoms with Crippen molar-refractivity contribution in [2.75, 3.05) is 16.2 Å². The highest BCUT2D eigenvalue weighted by atomic mass is 35.5. The maximum Gasteiger partial charge on any atom is 0.264 e. The van der Waals surface area contributed by atoms with Crippen LogP contribution >= 0.6 is 23.2 Å². The predicted molar refractivity (Wildman–Crippen MR) is 140 cm³/mol. The average molecular weight is 526 g/mol. The zero-order valence-electron chi connectivity index (χ0n) is 18.4.